The van der Waals surface area contributed by atoms with Crippen LogP contribution in [0.2, 0.25) is 0 Å². The van der Waals surface area contributed by atoms with Crippen molar-refractivity contribution in [2.75, 3.05) is 10.6 Å². The molecule has 0 spiro atoms. The second-order valence-electron chi connectivity index (χ2n) is 8.69. The van der Waals surface area contributed by atoms with E-state index >= 15 is 0 Å². The van der Waals surface area contributed by atoms with Crippen molar-refractivity contribution in [1.82, 2.24) is 9.97 Å². The molecule has 0 unspecified atom stereocenters. The lowest BCUT2D eigenvalue weighted by Crippen LogP contribution is -2.23. The number of alkyl halides is 5. The van der Waals surface area contributed by atoms with Gasteiger partial charge in [-0.1, -0.05) is 19.3 Å². The van der Waals surface area contributed by atoms with Crippen LogP contribution in [0.3, 0.4) is 0 Å². The van der Waals surface area contributed by atoms with Gasteiger partial charge in [0.1, 0.15) is 11.6 Å². The second-order valence-corrected chi connectivity index (χ2v) is 10.4. The number of anilines is 2. The van der Waals surface area contributed by atoms with E-state index in [1.165, 1.54) is 37.7 Å². The Morgan fingerprint density at radius 3 is 2.12 bits per heavy atom. The normalized spacial score (nSPS) is 17.7. The summed E-state index contributed by atoms with van der Waals surface area (Å²) >= 11 is 5.95. The van der Waals surface area contributed by atoms with Crippen LogP contribution in [0.15, 0.2) is 33.5 Å². The molecule has 1 atom stereocenters. The minimum atomic E-state index is -4.36. The van der Waals surface area contributed by atoms with Gasteiger partial charge in [0.25, 0.3) is 6.43 Å². The predicted molar refractivity (Wildman–Crippen MR) is 130 cm³/mol. The Morgan fingerprint density at radius 2 is 1.53 bits per heavy atom. The molecule has 0 radical (unpaired) electrons. The van der Waals surface area contributed by atoms with Crippen molar-refractivity contribution in [3.63, 3.8) is 0 Å². The Bertz CT molecular complexity index is 947. The van der Waals surface area contributed by atoms with Crippen LogP contribution < -0.4 is 10.6 Å². The van der Waals surface area contributed by atoms with Crippen LogP contribution in [-0.4, -0.2) is 22.1 Å². The van der Waals surface area contributed by atoms with Crippen LogP contribution in [0.4, 0.5) is 33.6 Å². The fourth-order valence-electron chi connectivity index (χ4n) is 3.84. The van der Waals surface area contributed by atoms with Gasteiger partial charge in [0.2, 0.25) is 0 Å². The number of halogens is 7. The summed E-state index contributed by atoms with van der Waals surface area (Å²) in [5.41, 5.74) is -0.698. The Balaban J connectivity index is 0.000000192. The lowest BCUT2D eigenvalue weighted by Gasteiger charge is -2.23. The van der Waals surface area contributed by atoms with Crippen molar-refractivity contribution in [3.8, 4) is 0 Å². The first kappa shape index (κ1) is 27.1. The van der Waals surface area contributed by atoms with Crippen molar-refractivity contribution in [2.45, 2.75) is 76.6 Å². The average molecular weight is 614 g/mol. The van der Waals surface area contributed by atoms with Gasteiger partial charge in [0.15, 0.2) is 0 Å². The maximum Gasteiger partial charge on any atom is 0.417 e. The monoisotopic (exact) mass is 612 g/mol. The van der Waals surface area contributed by atoms with Crippen LogP contribution in [0.5, 0.6) is 0 Å². The molecule has 2 aromatic rings. The maximum absolute atomic E-state index is 12.7. The maximum atomic E-state index is 12.7. The third-order valence-electron chi connectivity index (χ3n) is 5.94. The van der Waals surface area contributed by atoms with Gasteiger partial charge in [-0.3, -0.25) is 0 Å². The van der Waals surface area contributed by atoms with E-state index < -0.39 is 18.2 Å². The molecule has 2 aromatic heterocycles. The molecular weight excluding hydrogens is 587 g/mol. The van der Waals surface area contributed by atoms with Crippen molar-refractivity contribution in [3.05, 3.63) is 44.6 Å². The summed E-state index contributed by atoms with van der Waals surface area (Å²) in [6, 6.07) is 3.03. The van der Waals surface area contributed by atoms with Gasteiger partial charge in [-0.2, -0.15) is 13.2 Å². The molecule has 0 aliphatic heterocycles. The van der Waals surface area contributed by atoms with Crippen LogP contribution in [0.1, 0.15) is 69.4 Å². The van der Waals surface area contributed by atoms with Crippen LogP contribution in [-0.2, 0) is 6.18 Å². The van der Waals surface area contributed by atoms with E-state index in [1.54, 1.807) is 0 Å². The standard InChI is InChI=1S/C12H14BrF3N2.C11H13BrF2N2/c13-10-7-17-11(6-9(10)12(14,15)16)18-8-4-2-1-3-5-8;1-6(7-2-3-7)16-10-4-8(11(13)14)9(12)5-15-10/h6-8H,1-5H2,(H,17,18);4-7,11H,2-3H2,1H3,(H,15,16)/t;6-/m.0/s1. The summed E-state index contributed by atoms with van der Waals surface area (Å²) in [6.45, 7) is 2.06. The summed E-state index contributed by atoms with van der Waals surface area (Å²) in [5.74, 6) is 1.50. The molecule has 11 heteroatoms. The zero-order valence-electron chi connectivity index (χ0n) is 18.6. The third-order valence-corrected chi connectivity index (χ3v) is 7.24. The lowest BCUT2D eigenvalue weighted by atomic mass is 9.95. The van der Waals surface area contributed by atoms with Gasteiger partial charge in [-0.25, -0.2) is 18.7 Å². The minimum absolute atomic E-state index is 0.0134. The molecule has 2 saturated carbocycles. The summed E-state index contributed by atoms with van der Waals surface area (Å²) in [7, 11) is 0. The van der Waals surface area contributed by atoms with Gasteiger partial charge in [0, 0.05) is 39.0 Å². The van der Waals surface area contributed by atoms with E-state index in [0.717, 1.165) is 31.7 Å². The second kappa shape index (κ2) is 12.0. The molecule has 2 fully saturated rings. The molecule has 2 N–H and O–H groups in total. The van der Waals surface area contributed by atoms with Crippen molar-refractivity contribution in [2.24, 2.45) is 5.92 Å². The molecule has 0 bridgehead atoms. The van der Waals surface area contributed by atoms with Gasteiger partial charge < -0.3 is 10.6 Å². The van der Waals surface area contributed by atoms with E-state index in [4.69, 9.17) is 0 Å². The van der Waals surface area contributed by atoms with Crippen molar-refractivity contribution in [1.29, 1.82) is 0 Å². The number of pyridine rings is 2. The van der Waals surface area contributed by atoms with E-state index in [1.807, 2.05) is 0 Å². The molecule has 4 nitrogen and oxygen atoms in total. The van der Waals surface area contributed by atoms with Gasteiger partial charge in [-0.15, -0.1) is 0 Å². The number of nitrogens with zero attached hydrogens (tertiary/aromatic N) is 2. The summed E-state index contributed by atoms with van der Waals surface area (Å²) in [5, 5.41) is 6.25. The van der Waals surface area contributed by atoms with Crippen molar-refractivity contribution >= 4 is 43.5 Å². The first-order chi connectivity index (χ1) is 16.0. The fraction of sp³-hybridized carbons (Fsp3) is 0.565. The Hall–Kier alpha value is -1.49. The fourth-order valence-corrected chi connectivity index (χ4v) is 4.67. The largest absolute Gasteiger partial charge is 0.417 e. The number of aromatic nitrogens is 2. The Morgan fingerprint density at radius 1 is 0.912 bits per heavy atom. The topological polar surface area (TPSA) is 49.8 Å². The zero-order valence-corrected chi connectivity index (χ0v) is 21.8. The molecule has 4 rings (SSSR count). The molecule has 188 valence electrons. The van der Waals surface area contributed by atoms with Gasteiger partial charge >= 0.3 is 6.18 Å². The van der Waals surface area contributed by atoms with Gasteiger partial charge in [-0.05, 0) is 82.5 Å². The Labute approximate surface area is 212 Å². The highest BCUT2D eigenvalue weighted by atomic mass is 79.9. The smallest absolute Gasteiger partial charge is 0.367 e. The number of hydrogen-bond acceptors (Lipinski definition) is 4. The molecule has 0 aromatic carbocycles. The molecule has 34 heavy (non-hydrogen) atoms. The van der Waals surface area contributed by atoms with E-state index in [0.29, 0.717) is 28.1 Å². The first-order valence-corrected chi connectivity index (χ1v) is 12.8. The first-order valence-electron chi connectivity index (χ1n) is 11.2. The average Bonchev–Trinajstić information content (AvgIpc) is 3.62. The number of rotatable bonds is 6. The molecule has 2 heterocycles. The van der Waals surface area contributed by atoms with E-state index in [-0.39, 0.29) is 16.1 Å². The molecule has 0 saturated heterocycles. The summed E-state index contributed by atoms with van der Waals surface area (Å²) < 4.78 is 63.8. The molecule has 2 aliphatic carbocycles. The SMILES string of the molecule is C[C@H](Nc1cc(C(F)F)c(Br)cn1)C1CC1.FC(F)(F)c1cc(NC2CCCCC2)ncc1Br. The summed E-state index contributed by atoms with van der Waals surface area (Å²) in [4.78, 5) is 8.07. The van der Waals surface area contributed by atoms with Crippen LogP contribution in [0.25, 0.3) is 0 Å². The summed E-state index contributed by atoms with van der Waals surface area (Å²) in [6.07, 6.45) is 3.67. The van der Waals surface area contributed by atoms with Crippen molar-refractivity contribution < 1.29 is 22.0 Å². The quantitative estimate of drug-likeness (QED) is 0.320. The number of hydrogen-bond donors (Lipinski definition) is 2. The minimum Gasteiger partial charge on any atom is -0.367 e. The van der Waals surface area contributed by atoms with Crippen LogP contribution in [0, 0.1) is 5.92 Å². The highest BCUT2D eigenvalue weighted by Gasteiger charge is 2.33. The number of nitrogens with one attached hydrogen (secondary N) is 2. The Kier molecular flexibility index (Phi) is 9.54. The highest BCUT2D eigenvalue weighted by Crippen LogP contribution is 2.36. The van der Waals surface area contributed by atoms with Crippen LogP contribution >= 0.6 is 31.9 Å². The molecule has 2 aliphatic rings. The highest BCUT2D eigenvalue weighted by molar-refractivity contribution is 9.10. The predicted octanol–water partition coefficient (Wildman–Crippen LogP) is 8.60. The molecular formula is C23H27Br2F5N4. The lowest BCUT2D eigenvalue weighted by molar-refractivity contribution is -0.138. The van der Waals surface area contributed by atoms with E-state index in [2.05, 4.69) is 59.4 Å². The van der Waals surface area contributed by atoms with Gasteiger partial charge in [0.05, 0.1) is 5.56 Å². The van der Waals surface area contributed by atoms with E-state index in [9.17, 15) is 22.0 Å². The third kappa shape index (κ3) is 8.03. The molecule has 0 amide bonds. The zero-order chi connectivity index (χ0) is 24.9.